The predicted octanol–water partition coefficient (Wildman–Crippen LogP) is 2.03. The Morgan fingerprint density at radius 2 is 1.95 bits per heavy atom. The molecule has 0 saturated carbocycles. The van der Waals surface area contributed by atoms with E-state index in [4.69, 9.17) is 0 Å². The quantitative estimate of drug-likeness (QED) is 0.552. The van der Waals surface area contributed by atoms with E-state index in [0.717, 1.165) is 10.0 Å². The molecule has 0 spiro atoms. The standard InChI is InChI=1S/C15H12BrN3O3/c1-8(20)9-2-3-19(6-9)7-10-4-11(16)5-12-13(10)18-15(22)14(21)17-12/h2-6H,7H2,1H3,(H,17,21)(H,18,22). The van der Waals surface area contributed by atoms with Gasteiger partial charge in [-0.1, -0.05) is 15.9 Å². The molecule has 2 N–H and O–H groups in total. The Bertz CT molecular complexity index is 997. The maximum atomic E-state index is 11.6. The van der Waals surface area contributed by atoms with Gasteiger partial charge >= 0.3 is 11.1 Å². The molecule has 1 aromatic carbocycles. The first-order chi connectivity index (χ1) is 10.4. The van der Waals surface area contributed by atoms with Crippen LogP contribution >= 0.6 is 15.9 Å². The smallest absolute Gasteiger partial charge is 0.314 e. The number of carbonyl (C=O) groups excluding carboxylic acids is 1. The molecule has 2 heterocycles. The monoisotopic (exact) mass is 361 g/mol. The second kappa shape index (κ2) is 5.42. The van der Waals surface area contributed by atoms with E-state index in [9.17, 15) is 14.4 Å². The van der Waals surface area contributed by atoms with E-state index in [0.29, 0.717) is 23.1 Å². The van der Waals surface area contributed by atoms with Crippen molar-refractivity contribution in [3.8, 4) is 0 Å². The average molecular weight is 362 g/mol. The Kier molecular flexibility index (Phi) is 3.58. The first-order valence-corrected chi connectivity index (χ1v) is 7.35. The van der Waals surface area contributed by atoms with Crippen molar-refractivity contribution in [2.45, 2.75) is 13.5 Å². The van der Waals surface area contributed by atoms with Gasteiger partial charge in [-0.05, 0) is 30.7 Å². The predicted molar refractivity (Wildman–Crippen MR) is 86.4 cm³/mol. The third-order valence-electron chi connectivity index (χ3n) is 3.39. The topological polar surface area (TPSA) is 87.7 Å². The molecule has 22 heavy (non-hydrogen) atoms. The fraction of sp³-hybridized carbons (Fsp3) is 0.133. The lowest BCUT2D eigenvalue weighted by atomic mass is 10.1. The lowest BCUT2D eigenvalue weighted by Crippen LogP contribution is -2.29. The van der Waals surface area contributed by atoms with Crippen molar-refractivity contribution in [2.75, 3.05) is 0 Å². The third-order valence-corrected chi connectivity index (χ3v) is 3.85. The normalized spacial score (nSPS) is 11.0. The third kappa shape index (κ3) is 2.67. The van der Waals surface area contributed by atoms with Gasteiger partial charge in [0, 0.05) is 29.0 Å². The van der Waals surface area contributed by atoms with Crippen molar-refractivity contribution in [3.63, 3.8) is 0 Å². The Balaban J connectivity index is 2.13. The van der Waals surface area contributed by atoms with E-state index < -0.39 is 11.1 Å². The zero-order valence-electron chi connectivity index (χ0n) is 11.6. The van der Waals surface area contributed by atoms with Gasteiger partial charge in [0.1, 0.15) is 0 Å². The summed E-state index contributed by atoms with van der Waals surface area (Å²) in [5.74, 6) is -0.00409. The molecule has 0 aliphatic heterocycles. The molecule has 0 atom stereocenters. The molecule has 0 radical (unpaired) electrons. The molecule has 0 amide bonds. The molecule has 2 aromatic heterocycles. The van der Waals surface area contributed by atoms with Gasteiger partial charge in [0.2, 0.25) is 0 Å². The van der Waals surface area contributed by atoms with Crippen LogP contribution in [0.4, 0.5) is 0 Å². The summed E-state index contributed by atoms with van der Waals surface area (Å²) in [6, 6.07) is 5.34. The maximum absolute atomic E-state index is 11.6. The number of H-pyrrole nitrogens is 2. The van der Waals surface area contributed by atoms with Gasteiger partial charge in [-0.25, -0.2) is 0 Å². The van der Waals surface area contributed by atoms with Crippen molar-refractivity contribution in [1.82, 2.24) is 14.5 Å². The van der Waals surface area contributed by atoms with Crippen molar-refractivity contribution < 1.29 is 4.79 Å². The van der Waals surface area contributed by atoms with Gasteiger partial charge in [-0.3, -0.25) is 14.4 Å². The summed E-state index contributed by atoms with van der Waals surface area (Å²) in [7, 11) is 0. The zero-order chi connectivity index (χ0) is 15.9. The minimum Gasteiger partial charge on any atom is -0.349 e. The zero-order valence-corrected chi connectivity index (χ0v) is 13.2. The largest absolute Gasteiger partial charge is 0.349 e. The summed E-state index contributed by atoms with van der Waals surface area (Å²) >= 11 is 3.39. The Hall–Kier alpha value is -2.41. The fourth-order valence-corrected chi connectivity index (χ4v) is 2.83. The van der Waals surface area contributed by atoms with Crippen molar-refractivity contribution in [3.05, 3.63) is 66.9 Å². The van der Waals surface area contributed by atoms with Crippen LogP contribution in [0.1, 0.15) is 22.8 Å². The van der Waals surface area contributed by atoms with Gasteiger partial charge in [0.05, 0.1) is 11.0 Å². The highest BCUT2D eigenvalue weighted by Gasteiger charge is 2.09. The fourth-order valence-electron chi connectivity index (χ4n) is 2.33. The van der Waals surface area contributed by atoms with Crippen LogP contribution < -0.4 is 11.1 Å². The van der Waals surface area contributed by atoms with E-state index in [1.807, 2.05) is 10.6 Å². The van der Waals surface area contributed by atoms with E-state index in [1.165, 1.54) is 6.92 Å². The molecule has 0 fully saturated rings. The minimum absolute atomic E-state index is 0.00409. The summed E-state index contributed by atoms with van der Waals surface area (Å²) in [6.07, 6.45) is 3.55. The van der Waals surface area contributed by atoms with Crippen LogP contribution in [-0.2, 0) is 6.54 Å². The van der Waals surface area contributed by atoms with Crippen LogP contribution in [0.15, 0.2) is 44.7 Å². The van der Waals surface area contributed by atoms with Crippen molar-refractivity contribution >= 4 is 32.7 Å². The lowest BCUT2D eigenvalue weighted by Gasteiger charge is -2.08. The molecule has 0 saturated heterocycles. The number of benzene rings is 1. The number of carbonyl (C=O) groups is 1. The molecule has 0 aliphatic rings. The van der Waals surface area contributed by atoms with Crippen LogP contribution in [-0.4, -0.2) is 20.3 Å². The number of nitrogens with zero attached hydrogens (tertiary/aromatic N) is 1. The second-order valence-electron chi connectivity index (χ2n) is 5.02. The highest BCUT2D eigenvalue weighted by Crippen LogP contribution is 2.21. The number of hydrogen-bond acceptors (Lipinski definition) is 3. The van der Waals surface area contributed by atoms with Gasteiger partial charge in [-0.2, -0.15) is 0 Å². The number of halogens is 1. The minimum atomic E-state index is -0.687. The van der Waals surface area contributed by atoms with Crippen LogP contribution in [0.2, 0.25) is 0 Å². The maximum Gasteiger partial charge on any atom is 0.314 e. The average Bonchev–Trinajstić information content (AvgIpc) is 2.90. The molecule has 3 aromatic rings. The first-order valence-electron chi connectivity index (χ1n) is 6.55. The second-order valence-corrected chi connectivity index (χ2v) is 5.94. The van der Waals surface area contributed by atoms with Crippen molar-refractivity contribution in [1.29, 1.82) is 0 Å². The van der Waals surface area contributed by atoms with Gasteiger partial charge in [0.15, 0.2) is 5.78 Å². The number of Topliss-reactive ketones (excluding diaryl/α,β-unsaturated/α-hetero) is 1. The molecule has 0 unspecified atom stereocenters. The number of aromatic amines is 2. The van der Waals surface area contributed by atoms with Crippen LogP contribution in [0.3, 0.4) is 0 Å². The lowest BCUT2D eigenvalue weighted by molar-refractivity contribution is 0.101. The Morgan fingerprint density at radius 3 is 2.64 bits per heavy atom. The highest BCUT2D eigenvalue weighted by atomic mass is 79.9. The van der Waals surface area contributed by atoms with E-state index >= 15 is 0 Å². The highest BCUT2D eigenvalue weighted by molar-refractivity contribution is 9.10. The van der Waals surface area contributed by atoms with Crippen LogP contribution in [0, 0.1) is 0 Å². The summed E-state index contributed by atoms with van der Waals surface area (Å²) < 4.78 is 2.64. The SMILES string of the molecule is CC(=O)c1ccn(Cc2cc(Br)cc3[nH]c(=O)c(=O)[nH]c23)c1. The summed E-state index contributed by atoms with van der Waals surface area (Å²) in [5.41, 5.74) is 1.20. The summed E-state index contributed by atoms with van der Waals surface area (Å²) in [6.45, 7) is 1.97. The Morgan fingerprint density at radius 1 is 1.23 bits per heavy atom. The number of ketones is 1. The molecule has 0 aliphatic carbocycles. The number of nitrogens with one attached hydrogen (secondary N) is 2. The van der Waals surface area contributed by atoms with Crippen LogP contribution in [0.25, 0.3) is 11.0 Å². The number of hydrogen-bond donors (Lipinski definition) is 2. The summed E-state index contributed by atoms with van der Waals surface area (Å²) in [5, 5.41) is 0. The number of fused-ring (bicyclic) bond motifs is 1. The van der Waals surface area contributed by atoms with Gasteiger partial charge in [-0.15, -0.1) is 0 Å². The van der Waals surface area contributed by atoms with E-state index in [-0.39, 0.29) is 5.78 Å². The van der Waals surface area contributed by atoms with E-state index in [2.05, 4.69) is 25.9 Å². The van der Waals surface area contributed by atoms with Crippen molar-refractivity contribution in [2.24, 2.45) is 0 Å². The molecule has 3 rings (SSSR count). The van der Waals surface area contributed by atoms with Gasteiger partial charge < -0.3 is 14.5 Å². The van der Waals surface area contributed by atoms with Crippen LogP contribution in [0.5, 0.6) is 0 Å². The molecular formula is C15H12BrN3O3. The molecular weight excluding hydrogens is 350 g/mol. The first kappa shape index (κ1) is 14.5. The Labute approximate surface area is 132 Å². The van der Waals surface area contributed by atoms with E-state index in [1.54, 1.807) is 24.5 Å². The van der Waals surface area contributed by atoms with Gasteiger partial charge in [0.25, 0.3) is 0 Å². The summed E-state index contributed by atoms with van der Waals surface area (Å²) in [4.78, 5) is 39.5. The molecule has 112 valence electrons. The molecule has 0 bridgehead atoms. The number of rotatable bonds is 3. The number of aromatic nitrogens is 3. The molecule has 7 heteroatoms. The molecule has 6 nitrogen and oxygen atoms in total.